The van der Waals surface area contributed by atoms with Crippen LogP contribution < -0.4 is 9.47 Å². The summed E-state index contributed by atoms with van der Waals surface area (Å²) in [5, 5.41) is 0. The predicted octanol–water partition coefficient (Wildman–Crippen LogP) is 4.60. The van der Waals surface area contributed by atoms with Gasteiger partial charge in [-0.3, -0.25) is 4.79 Å². The lowest BCUT2D eigenvalue weighted by Gasteiger charge is -2.27. The van der Waals surface area contributed by atoms with E-state index >= 15 is 0 Å². The Morgan fingerprint density at radius 3 is 2.58 bits per heavy atom. The molecule has 1 amide bonds. The minimum atomic E-state index is 0.101. The van der Waals surface area contributed by atoms with Crippen LogP contribution in [0.5, 0.6) is 11.5 Å². The summed E-state index contributed by atoms with van der Waals surface area (Å²) in [7, 11) is 0. The van der Waals surface area contributed by atoms with E-state index in [1.807, 2.05) is 61.2 Å². The molecular weight excluding hydrogens is 326 g/mol. The van der Waals surface area contributed by atoms with E-state index < -0.39 is 0 Å². The van der Waals surface area contributed by atoms with Crippen molar-refractivity contribution in [2.75, 3.05) is 19.7 Å². The molecule has 0 radical (unpaired) electrons. The summed E-state index contributed by atoms with van der Waals surface area (Å²) in [6, 6.07) is 13.6. The van der Waals surface area contributed by atoms with Gasteiger partial charge in [-0.1, -0.05) is 12.1 Å². The molecule has 1 aliphatic rings. The summed E-state index contributed by atoms with van der Waals surface area (Å²) in [6.07, 6.45) is 3.39. The number of amides is 1. The predicted molar refractivity (Wildman–Crippen MR) is 103 cm³/mol. The lowest BCUT2D eigenvalue weighted by atomic mass is 10.1. The van der Waals surface area contributed by atoms with Crippen molar-refractivity contribution in [1.29, 1.82) is 0 Å². The lowest BCUT2D eigenvalue weighted by Crippen LogP contribution is -2.35. The number of nitrogens with zero attached hydrogens (tertiary/aromatic N) is 1. The number of likely N-dealkylation sites (tertiary alicyclic amines) is 1. The molecule has 0 aromatic heterocycles. The molecule has 1 fully saturated rings. The van der Waals surface area contributed by atoms with Gasteiger partial charge in [-0.25, -0.2) is 0 Å². The lowest BCUT2D eigenvalue weighted by molar-refractivity contribution is 0.0724. The molecule has 26 heavy (non-hydrogen) atoms. The summed E-state index contributed by atoms with van der Waals surface area (Å²) in [5.41, 5.74) is 2.76. The molecule has 0 aliphatic carbocycles. The topological polar surface area (TPSA) is 38.8 Å². The van der Waals surface area contributed by atoms with Gasteiger partial charge in [-0.2, -0.15) is 0 Å². The van der Waals surface area contributed by atoms with Crippen LogP contribution in [0.3, 0.4) is 0 Å². The van der Waals surface area contributed by atoms with Gasteiger partial charge in [0.25, 0.3) is 5.91 Å². The van der Waals surface area contributed by atoms with E-state index in [9.17, 15) is 4.79 Å². The van der Waals surface area contributed by atoms with E-state index in [0.717, 1.165) is 48.6 Å². The number of benzene rings is 2. The molecule has 2 aromatic carbocycles. The quantitative estimate of drug-likeness (QED) is 0.762. The Balaban J connectivity index is 1.78. The van der Waals surface area contributed by atoms with Gasteiger partial charge in [-0.05, 0) is 69.0 Å². The van der Waals surface area contributed by atoms with Crippen molar-refractivity contribution in [3.8, 4) is 11.5 Å². The number of hydrogen-bond acceptors (Lipinski definition) is 3. The average Bonchev–Trinajstić information content (AvgIpc) is 2.67. The van der Waals surface area contributed by atoms with Crippen LogP contribution in [0.15, 0.2) is 42.5 Å². The molecule has 4 heteroatoms. The maximum Gasteiger partial charge on any atom is 0.253 e. The summed E-state index contributed by atoms with van der Waals surface area (Å²) in [4.78, 5) is 14.7. The highest BCUT2D eigenvalue weighted by atomic mass is 16.5. The van der Waals surface area contributed by atoms with Crippen LogP contribution in [-0.2, 0) is 6.61 Å². The normalized spacial score (nSPS) is 14.2. The van der Waals surface area contributed by atoms with E-state index in [1.54, 1.807) is 0 Å². The molecule has 1 heterocycles. The number of piperidine rings is 1. The van der Waals surface area contributed by atoms with Gasteiger partial charge in [0.15, 0.2) is 0 Å². The van der Waals surface area contributed by atoms with Crippen molar-refractivity contribution in [2.24, 2.45) is 0 Å². The van der Waals surface area contributed by atoms with E-state index in [2.05, 4.69) is 0 Å². The SMILES string of the molecule is CCOc1ccc(C(=O)N2CCCCC2)cc1COc1cccc(C)c1. The highest BCUT2D eigenvalue weighted by Gasteiger charge is 2.19. The van der Waals surface area contributed by atoms with Gasteiger partial charge >= 0.3 is 0 Å². The molecule has 0 atom stereocenters. The number of rotatable bonds is 6. The standard InChI is InChI=1S/C22H27NO3/c1-3-25-21-11-10-18(22(24)23-12-5-4-6-13-23)15-19(21)16-26-20-9-7-8-17(2)14-20/h7-11,14-15H,3-6,12-13,16H2,1-2H3. The smallest absolute Gasteiger partial charge is 0.253 e. The molecule has 0 bridgehead atoms. The first-order chi connectivity index (χ1) is 12.7. The van der Waals surface area contributed by atoms with Crippen molar-refractivity contribution in [3.05, 3.63) is 59.2 Å². The number of hydrogen-bond donors (Lipinski definition) is 0. The Morgan fingerprint density at radius 2 is 1.85 bits per heavy atom. The van der Waals surface area contributed by atoms with Gasteiger partial charge in [0.1, 0.15) is 18.1 Å². The number of carbonyl (C=O) groups excluding carboxylic acids is 1. The minimum Gasteiger partial charge on any atom is -0.493 e. The van der Waals surface area contributed by atoms with Gasteiger partial charge in [-0.15, -0.1) is 0 Å². The number of aryl methyl sites for hydroxylation is 1. The Labute approximate surface area is 155 Å². The first kappa shape index (κ1) is 18.3. The van der Waals surface area contributed by atoms with Gasteiger partial charge in [0.05, 0.1) is 6.61 Å². The second kappa shape index (κ2) is 8.75. The van der Waals surface area contributed by atoms with Crippen LogP contribution in [0.4, 0.5) is 0 Å². The molecule has 0 saturated carbocycles. The fraction of sp³-hybridized carbons (Fsp3) is 0.409. The summed E-state index contributed by atoms with van der Waals surface area (Å²) in [6.45, 7) is 6.65. The first-order valence-electron chi connectivity index (χ1n) is 9.42. The second-order valence-electron chi connectivity index (χ2n) is 6.71. The maximum atomic E-state index is 12.8. The zero-order chi connectivity index (χ0) is 18.4. The summed E-state index contributed by atoms with van der Waals surface area (Å²) < 4.78 is 11.7. The van der Waals surface area contributed by atoms with Crippen LogP contribution >= 0.6 is 0 Å². The molecule has 1 saturated heterocycles. The highest BCUT2D eigenvalue weighted by molar-refractivity contribution is 5.94. The Bertz CT molecular complexity index is 751. The third kappa shape index (κ3) is 4.57. The third-order valence-electron chi connectivity index (χ3n) is 4.63. The fourth-order valence-electron chi connectivity index (χ4n) is 3.27. The molecular formula is C22H27NO3. The molecule has 138 valence electrons. The maximum absolute atomic E-state index is 12.8. The zero-order valence-electron chi connectivity index (χ0n) is 15.7. The van der Waals surface area contributed by atoms with Crippen molar-refractivity contribution < 1.29 is 14.3 Å². The van der Waals surface area contributed by atoms with Crippen molar-refractivity contribution in [2.45, 2.75) is 39.7 Å². The van der Waals surface area contributed by atoms with Gasteiger partial charge in [0, 0.05) is 24.2 Å². The number of carbonyl (C=O) groups is 1. The van der Waals surface area contributed by atoms with Gasteiger partial charge in [0.2, 0.25) is 0 Å². The van der Waals surface area contributed by atoms with Crippen LogP contribution in [0, 0.1) is 6.92 Å². The van der Waals surface area contributed by atoms with E-state index in [1.165, 1.54) is 6.42 Å². The highest BCUT2D eigenvalue weighted by Crippen LogP contribution is 2.24. The van der Waals surface area contributed by atoms with E-state index in [0.29, 0.717) is 18.8 Å². The fourth-order valence-corrected chi connectivity index (χ4v) is 3.27. The van der Waals surface area contributed by atoms with Crippen LogP contribution in [0.2, 0.25) is 0 Å². The van der Waals surface area contributed by atoms with E-state index in [4.69, 9.17) is 9.47 Å². The summed E-state index contributed by atoms with van der Waals surface area (Å²) in [5.74, 6) is 1.69. The van der Waals surface area contributed by atoms with Crippen molar-refractivity contribution in [3.63, 3.8) is 0 Å². The molecule has 4 nitrogen and oxygen atoms in total. The van der Waals surface area contributed by atoms with Crippen molar-refractivity contribution >= 4 is 5.91 Å². The number of ether oxygens (including phenoxy) is 2. The monoisotopic (exact) mass is 353 g/mol. The van der Waals surface area contributed by atoms with Crippen LogP contribution in [-0.4, -0.2) is 30.5 Å². The Morgan fingerprint density at radius 1 is 1.04 bits per heavy atom. The van der Waals surface area contributed by atoms with Crippen LogP contribution in [0.25, 0.3) is 0 Å². The van der Waals surface area contributed by atoms with E-state index in [-0.39, 0.29) is 5.91 Å². The minimum absolute atomic E-state index is 0.101. The average molecular weight is 353 g/mol. The van der Waals surface area contributed by atoms with Crippen LogP contribution in [0.1, 0.15) is 47.7 Å². The molecule has 2 aromatic rings. The molecule has 3 rings (SSSR count). The molecule has 0 N–H and O–H groups in total. The largest absolute Gasteiger partial charge is 0.493 e. The van der Waals surface area contributed by atoms with Crippen molar-refractivity contribution in [1.82, 2.24) is 4.90 Å². The first-order valence-corrected chi connectivity index (χ1v) is 9.42. The third-order valence-corrected chi connectivity index (χ3v) is 4.63. The molecule has 0 spiro atoms. The Hall–Kier alpha value is -2.49. The Kier molecular flexibility index (Phi) is 6.16. The van der Waals surface area contributed by atoms with Gasteiger partial charge < -0.3 is 14.4 Å². The zero-order valence-corrected chi connectivity index (χ0v) is 15.7. The molecule has 1 aliphatic heterocycles. The second-order valence-corrected chi connectivity index (χ2v) is 6.71. The summed E-state index contributed by atoms with van der Waals surface area (Å²) >= 11 is 0. The molecule has 0 unspecified atom stereocenters.